The maximum atomic E-state index is 12.2. The van der Waals surface area contributed by atoms with Gasteiger partial charge < -0.3 is 48.1 Å². The van der Waals surface area contributed by atoms with Gasteiger partial charge in [0.2, 0.25) is 0 Å². The standard InChI is InChI=1S/C40H62O14/c1-23(2)14-11-15-24(3)16-12-17-25(4)18-13-19-26(5)20-21-47-39-36(34(46)33(45)32(53-39)22-48-28(7)41)54-40-38(52-31(10)44)37(51-30(9)43)35(27(6)49-40)50-29(8)42/h14,16,18,20,27,32-40,45-46H,11-13,15,17,19,21-22H2,1-10H3/b24-16+,25-18+,26-20?/t27-,32+,33+,34-,35-,36+,37+,38+,39+,40-/m0/s1. The van der Waals surface area contributed by atoms with Crippen LogP contribution < -0.4 is 0 Å². The van der Waals surface area contributed by atoms with E-state index in [0.717, 1.165) is 64.9 Å². The monoisotopic (exact) mass is 766 g/mol. The van der Waals surface area contributed by atoms with Crippen molar-refractivity contribution in [2.75, 3.05) is 13.2 Å². The molecule has 2 fully saturated rings. The Bertz CT molecular complexity index is 1360. The molecule has 0 aliphatic carbocycles. The first-order chi connectivity index (χ1) is 25.4. The predicted molar refractivity (Wildman–Crippen MR) is 198 cm³/mol. The highest BCUT2D eigenvalue weighted by molar-refractivity contribution is 5.68. The summed E-state index contributed by atoms with van der Waals surface area (Å²) in [5, 5.41) is 22.3. The zero-order valence-electron chi connectivity index (χ0n) is 33.5. The number of rotatable bonds is 19. The zero-order valence-corrected chi connectivity index (χ0v) is 33.5. The van der Waals surface area contributed by atoms with Gasteiger partial charge >= 0.3 is 23.9 Å². The molecule has 0 aromatic rings. The maximum Gasteiger partial charge on any atom is 0.303 e. The van der Waals surface area contributed by atoms with Gasteiger partial charge in [-0.15, -0.1) is 0 Å². The molecule has 0 saturated carbocycles. The van der Waals surface area contributed by atoms with Crippen molar-refractivity contribution in [2.24, 2.45) is 0 Å². The number of carbonyl (C=O) groups excluding carboxylic acids is 4. The van der Waals surface area contributed by atoms with Crippen LogP contribution in [0.5, 0.6) is 0 Å². The zero-order chi connectivity index (χ0) is 40.5. The summed E-state index contributed by atoms with van der Waals surface area (Å²) in [7, 11) is 0. The van der Waals surface area contributed by atoms with Crippen LogP contribution in [0.4, 0.5) is 0 Å². The topological polar surface area (TPSA) is 183 Å². The van der Waals surface area contributed by atoms with Crippen LogP contribution in [0.15, 0.2) is 46.6 Å². The van der Waals surface area contributed by atoms with Crippen molar-refractivity contribution in [3.8, 4) is 0 Å². The van der Waals surface area contributed by atoms with Crippen molar-refractivity contribution < 1.29 is 67.3 Å². The number of esters is 4. The van der Waals surface area contributed by atoms with Crippen molar-refractivity contribution in [1.82, 2.24) is 0 Å². The van der Waals surface area contributed by atoms with Crippen LogP contribution in [0.25, 0.3) is 0 Å². The minimum atomic E-state index is -1.67. The molecule has 0 amide bonds. The summed E-state index contributed by atoms with van der Waals surface area (Å²) in [6.45, 7) is 16.3. The van der Waals surface area contributed by atoms with E-state index in [2.05, 4.69) is 45.9 Å². The lowest BCUT2D eigenvalue weighted by molar-refractivity contribution is -0.364. The molecule has 0 unspecified atom stereocenters. The molecule has 14 heteroatoms. The molecule has 0 aromatic carbocycles. The Balaban J connectivity index is 2.19. The molecule has 0 radical (unpaired) electrons. The first kappa shape index (κ1) is 46.8. The number of ether oxygens (including phenoxy) is 8. The second-order valence-corrected chi connectivity index (χ2v) is 14.2. The summed E-state index contributed by atoms with van der Waals surface area (Å²) in [6, 6.07) is 0. The largest absolute Gasteiger partial charge is 0.463 e. The van der Waals surface area contributed by atoms with Crippen LogP contribution in [0.2, 0.25) is 0 Å². The molecule has 2 saturated heterocycles. The highest BCUT2D eigenvalue weighted by atomic mass is 16.8. The maximum absolute atomic E-state index is 12.2. The second kappa shape index (κ2) is 23.5. The highest BCUT2D eigenvalue weighted by Crippen LogP contribution is 2.33. The van der Waals surface area contributed by atoms with E-state index in [4.69, 9.17) is 37.9 Å². The molecule has 0 aromatic heterocycles. The van der Waals surface area contributed by atoms with Gasteiger partial charge in [0, 0.05) is 27.7 Å². The Morgan fingerprint density at radius 3 is 1.59 bits per heavy atom. The lowest BCUT2D eigenvalue weighted by Crippen LogP contribution is -2.65. The Morgan fingerprint density at radius 2 is 1.07 bits per heavy atom. The van der Waals surface area contributed by atoms with E-state index >= 15 is 0 Å². The van der Waals surface area contributed by atoms with Gasteiger partial charge in [-0.3, -0.25) is 19.2 Å². The van der Waals surface area contributed by atoms with Gasteiger partial charge in [0.05, 0.1) is 12.7 Å². The summed E-state index contributed by atoms with van der Waals surface area (Å²) >= 11 is 0. The van der Waals surface area contributed by atoms with Crippen molar-refractivity contribution in [3.63, 3.8) is 0 Å². The number of carbonyl (C=O) groups is 4. The fraction of sp³-hybridized carbons (Fsp3) is 0.700. The Kier molecular flexibility index (Phi) is 20.4. The molecule has 0 bridgehead atoms. The van der Waals surface area contributed by atoms with Gasteiger partial charge in [0.1, 0.15) is 31.0 Å². The van der Waals surface area contributed by atoms with Crippen LogP contribution >= 0.6 is 0 Å². The molecule has 306 valence electrons. The average Bonchev–Trinajstić information content (AvgIpc) is 3.06. The molecule has 14 nitrogen and oxygen atoms in total. The fourth-order valence-electron chi connectivity index (χ4n) is 6.03. The molecule has 2 heterocycles. The molecule has 2 N–H and O–H groups in total. The van der Waals surface area contributed by atoms with E-state index in [9.17, 15) is 29.4 Å². The van der Waals surface area contributed by atoms with E-state index in [1.807, 2.05) is 13.0 Å². The number of allylic oxidation sites excluding steroid dienone is 7. The Hall–Kier alpha value is -3.40. The molecular weight excluding hydrogens is 704 g/mol. The third-order valence-corrected chi connectivity index (χ3v) is 8.87. The molecule has 2 aliphatic rings. The number of hydrogen-bond acceptors (Lipinski definition) is 14. The fourth-order valence-corrected chi connectivity index (χ4v) is 6.03. The first-order valence-electron chi connectivity index (χ1n) is 18.6. The van der Waals surface area contributed by atoms with E-state index in [1.165, 1.54) is 30.6 Å². The minimum absolute atomic E-state index is 0.0267. The predicted octanol–water partition coefficient (Wildman–Crippen LogP) is 5.08. The van der Waals surface area contributed by atoms with E-state index < -0.39 is 85.3 Å². The van der Waals surface area contributed by atoms with Crippen molar-refractivity contribution >= 4 is 23.9 Å². The van der Waals surface area contributed by atoms with Crippen molar-refractivity contribution in [1.29, 1.82) is 0 Å². The van der Waals surface area contributed by atoms with E-state index in [0.29, 0.717) is 0 Å². The third-order valence-electron chi connectivity index (χ3n) is 8.87. The molecule has 2 rings (SSSR count). The van der Waals surface area contributed by atoms with Gasteiger partial charge in [-0.1, -0.05) is 46.6 Å². The molecular formula is C40H62O14. The summed E-state index contributed by atoms with van der Waals surface area (Å²) < 4.78 is 45.4. The number of aliphatic hydroxyl groups excluding tert-OH is 2. The highest BCUT2D eigenvalue weighted by Gasteiger charge is 2.54. The SMILES string of the molecule is CC(=O)OC[C@H]1O[C@@H](OCC=C(C)CC/C=C(\C)CC/C=C(\C)CCC=C(C)C)[C@H](O[C@@H]2O[C@@H](C)[C@H](OC(C)=O)[C@@H](OC(C)=O)[C@H]2OC(C)=O)[C@@H](O)[C@@H]1O. The summed E-state index contributed by atoms with van der Waals surface area (Å²) in [5.41, 5.74) is 5.10. The van der Waals surface area contributed by atoms with Gasteiger partial charge in [-0.05, 0) is 80.1 Å². The normalized spacial score (nSPS) is 29.2. The van der Waals surface area contributed by atoms with Crippen LogP contribution in [0.3, 0.4) is 0 Å². The Labute approximate surface area is 319 Å². The van der Waals surface area contributed by atoms with Gasteiger partial charge in [-0.25, -0.2) is 0 Å². The van der Waals surface area contributed by atoms with Gasteiger partial charge in [0.25, 0.3) is 0 Å². The Morgan fingerprint density at radius 1 is 0.574 bits per heavy atom. The minimum Gasteiger partial charge on any atom is -0.463 e. The third kappa shape index (κ3) is 16.5. The molecule has 10 atom stereocenters. The van der Waals surface area contributed by atoms with E-state index in [1.54, 1.807) is 0 Å². The average molecular weight is 767 g/mol. The van der Waals surface area contributed by atoms with Crippen molar-refractivity contribution in [3.05, 3.63) is 46.6 Å². The first-order valence-corrected chi connectivity index (χ1v) is 18.6. The molecule has 0 spiro atoms. The number of hydrogen-bond donors (Lipinski definition) is 2. The smallest absolute Gasteiger partial charge is 0.303 e. The molecule has 54 heavy (non-hydrogen) atoms. The van der Waals surface area contributed by atoms with Gasteiger partial charge in [-0.2, -0.15) is 0 Å². The van der Waals surface area contributed by atoms with Crippen molar-refractivity contribution in [2.45, 2.75) is 169 Å². The lowest BCUT2D eigenvalue weighted by atomic mass is 9.97. The van der Waals surface area contributed by atoms with Crippen LogP contribution in [-0.4, -0.2) is 109 Å². The number of aliphatic hydroxyl groups is 2. The van der Waals surface area contributed by atoms with Crippen LogP contribution in [0.1, 0.15) is 108 Å². The summed E-state index contributed by atoms with van der Waals surface area (Å²) in [5.74, 6) is -2.86. The summed E-state index contributed by atoms with van der Waals surface area (Å²) in [6.07, 6.45) is 0.700. The van der Waals surface area contributed by atoms with Crippen LogP contribution in [-0.2, 0) is 57.1 Å². The summed E-state index contributed by atoms with van der Waals surface area (Å²) in [4.78, 5) is 47.7. The quantitative estimate of drug-likeness (QED) is 0.101. The van der Waals surface area contributed by atoms with Crippen LogP contribution in [0, 0.1) is 0 Å². The lowest BCUT2D eigenvalue weighted by Gasteiger charge is -2.47. The van der Waals surface area contributed by atoms with Gasteiger partial charge in [0.15, 0.2) is 30.9 Å². The van der Waals surface area contributed by atoms with E-state index in [-0.39, 0.29) is 13.2 Å². The second-order valence-electron chi connectivity index (χ2n) is 14.2. The molecule has 2 aliphatic heterocycles.